The second-order valence-corrected chi connectivity index (χ2v) is 7.21. The summed E-state index contributed by atoms with van der Waals surface area (Å²) in [7, 11) is 2.04. The lowest BCUT2D eigenvalue weighted by atomic mass is 10.2. The zero-order chi connectivity index (χ0) is 19.9. The molecule has 5 nitrogen and oxygen atoms in total. The molecule has 29 heavy (non-hydrogen) atoms. The van der Waals surface area contributed by atoms with Crippen molar-refractivity contribution in [1.29, 1.82) is 0 Å². The van der Waals surface area contributed by atoms with Crippen LogP contribution in [0.1, 0.15) is 5.56 Å². The van der Waals surface area contributed by atoms with Crippen LogP contribution in [0.3, 0.4) is 0 Å². The molecule has 148 valence electrons. The molecule has 2 heterocycles. The Morgan fingerprint density at radius 2 is 1.59 bits per heavy atom. The number of anilines is 3. The highest BCUT2D eigenvalue weighted by Crippen LogP contribution is 2.22. The van der Waals surface area contributed by atoms with Gasteiger partial charge in [-0.2, -0.15) is 4.98 Å². The van der Waals surface area contributed by atoms with Crippen molar-refractivity contribution in [3.05, 3.63) is 84.6 Å². The van der Waals surface area contributed by atoms with Gasteiger partial charge in [0, 0.05) is 51.7 Å². The minimum atomic E-state index is 0.810. The molecule has 4 rings (SSSR count). The van der Waals surface area contributed by atoms with Gasteiger partial charge in [-0.3, -0.25) is 4.90 Å². The van der Waals surface area contributed by atoms with E-state index >= 15 is 0 Å². The molecule has 2 aromatic carbocycles. The molecule has 0 atom stereocenters. The summed E-state index contributed by atoms with van der Waals surface area (Å²) in [5, 5.41) is 0. The maximum Gasteiger partial charge on any atom is 0.227 e. The van der Waals surface area contributed by atoms with E-state index in [-0.39, 0.29) is 0 Å². The van der Waals surface area contributed by atoms with Crippen molar-refractivity contribution < 1.29 is 0 Å². The van der Waals surface area contributed by atoms with Crippen molar-refractivity contribution in [2.45, 2.75) is 0 Å². The standard InChI is InChI=1S/C24H27N5/c1-27(22-12-6-3-7-13-22)23-14-15-25-24(26-23)29-19-17-28(18-20-29)16-8-11-21-9-4-2-5-10-21/h2-15H,16-20H2,1H3/b11-8+. The fraction of sp³-hybridized carbons (Fsp3) is 0.250. The summed E-state index contributed by atoms with van der Waals surface area (Å²) in [5.41, 5.74) is 2.37. The lowest BCUT2D eigenvalue weighted by Crippen LogP contribution is -2.47. The summed E-state index contributed by atoms with van der Waals surface area (Å²) in [4.78, 5) is 16.2. The van der Waals surface area contributed by atoms with E-state index in [2.05, 4.69) is 68.2 Å². The first-order chi connectivity index (χ1) is 14.3. The quantitative estimate of drug-likeness (QED) is 0.639. The molecule has 5 heteroatoms. The summed E-state index contributed by atoms with van der Waals surface area (Å²) < 4.78 is 0. The van der Waals surface area contributed by atoms with Gasteiger partial charge < -0.3 is 9.80 Å². The van der Waals surface area contributed by atoms with Crippen LogP contribution in [0.4, 0.5) is 17.5 Å². The summed E-state index contributed by atoms with van der Waals surface area (Å²) in [5.74, 6) is 1.72. The highest BCUT2D eigenvalue weighted by Gasteiger charge is 2.19. The van der Waals surface area contributed by atoms with Gasteiger partial charge in [0.25, 0.3) is 0 Å². The third-order valence-corrected chi connectivity index (χ3v) is 5.24. The average Bonchev–Trinajstić information content (AvgIpc) is 2.80. The van der Waals surface area contributed by atoms with Crippen LogP contribution in [-0.2, 0) is 0 Å². The van der Waals surface area contributed by atoms with E-state index in [1.54, 1.807) is 0 Å². The van der Waals surface area contributed by atoms with Gasteiger partial charge in [0.1, 0.15) is 5.82 Å². The van der Waals surface area contributed by atoms with Crippen LogP contribution < -0.4 is 9.80 Å². The first kappa shape index (κ1) is 19.2. The molecule has 0 bridgehead atoms. The Morgan fingerprint density at radius 3 is 2.31 bits per heavy atom. The molecule has 3 aromatic rings. The number of rotatable bonds is 6. The Labute approximate surface area is 172 Å². The zero-order valence-corrected chi connectivity index (χ0v) is 16.9. The van der Waals surface area contributed by atoms with Crippen LogP contribution >= 0.6 is 0 Å². The number of benzene rings is 2. The van der Waals surface area contributed by atoms with E-state index in [0.29, 0.717) is 0 Å². The minimum Gasteiger partial charge on any atom is -0.338 e. The maximum atomic E-state index is 4.81. The van der Waals surface area contributed by atoms with Crippen molar-refractivity contribution in [3.8, 4) is 0 Å². The monoisotopic (exact) mass is 385 g/mol. The Kier molecular flexibility index (Phi) is 6.17. The lowest BCUT2D eigenvalue weighted by molar-refractivity contribution is 0.283. The molecule has 0 N–H and O–H groups in total. The van der Waals surface area contributed by atoms with Crippen molar-refractivity contribution in [2.24, 2.45) is 0 Å². The molecule has 1 saturated heterocycles. The van der Waals surface area contributed by atoms with E-state index in [4.69, 9.17) is 4.98 Å². The summed E-state index contributed by atoms with van der Waals surface area (Å²) in [6, 6.07) is 22.7. The normalized spacial score (nSPS) is 15.0. The first-order valence-corrected chi connectivity index (χ1v) is 10.1. The van der Waals surface area contributed by atoms with Crippen molar-refractivity contribution in [2.75, 3.05) is 49.6 Å². The summed E-state index contributed by atoms with van der Waals surface area (Å²) >= 11 is 0. The van der Waals surface area contributed by atoms with Crippen LogP contribution in [0.25, 0.3) is 6.08 Å². The van der Waals surface area contributed by atoms with Gasteiger partial charge in [-0.05, 0) is 23.8 Å². The molecule has 0 unspecified atom stereocenters. The van der Waals surface area contributed by atoms with E-state index in [1.807, 2.05) is 43.6 Å². The molecule has 1 fully saturated rings. The largest absolute Gasteiger partial charge is 0.338 e. The predicted molar refractivity (Wildman–Crippen MR) is 121 cm³/mol. The smallest absolute Gasteiger partial charge is 0.227 e. The topological polar surface area (TPSA) is 35.5 Å². The molecule has 1 aliphatic rings. The van der Waals surface area contributed by atoms with Gasteiger partial charge in [0.2, 0.25) is 5.95 Å². The van der Waals surface area contributed by atoms with E-state index < -0.39 is 0 Å². The third-order valence-electron chi connectivity index (χ3n) is 5.24. The number of aromatic nitrogens is 2. The zero-order valence-electron chi connectivity index (χ0n) is 16.9. The van der Waals surface area contributed by atoms with Crippen LogP contribution in [-0.4, -0.2) is 54.6 Å². The number of para-hydroxylation sites is 1. The Bertz CT molecular complexity index is 918. The van der Waals surface area contributed by atoms with Gasteiger partial charge in [-0.25, -0.2) is 4.98 Å². The Hall–Kier alpha value is -3.18. The van der Waals surface area contributed by atoms with Gasteiger partial charge in [-0.1, -0.05) is 60.7 Å². The number of hydrogen-bond donors (Lipinski definition) is 0. The summed E-state index contributed by atoms with van der Waals surface area (Å²) in [6.45, 7) is 4.89. The SMILES string of the molecule is CN(c1ccccc1)c1ccnc(N2CCN(C/C=C/c3ccccc3)CC2)n1. The molecule has 1 aromatic heterocycles. The third kappa shape index (κ3) is 5.00. The van der Waals surface area contributed by atoms with Gasteiger partial charge in [-0.15, -0.1) is 0 Å². The Morgan fingerprint density at radius 1 is 0.897 bits per heavy atom. The lowest BCUT2D eigenvalue weighted by Gasteiger charge is -2.34. The number of nitrogens with zero attached hydrogens (tertiary/aromatic N) is 5. The second kappa shape index (κ2) is 9.34. The van der Waals surface area contributed by atoms with E-state index in [0.717, 1.165) is 50.2 Å². The fourth-order valence-corrected chi connectivity index (χ4v) is 3.49. The van der Waals surface area contributed by atoms with Gasteiger partial charge in [0.05, 0.1) is 0 Å². The molecule has 0 aliphatic carbocycles. The summed E-state index contributed by atoms with van der Waals surface area (Å²) in [6.07, 6.45) is 6.29. The highest BCUT2D eigenvalue weighted by molar-refractivity contribution is 5.59. The molecular weight excluding hydrogens is 358 g/mol. The molecule has 0 amide bonds. The number of piperazine rings is 1. The van der Waals surface area contributed by atoms with Crippen LogP contribution in [0.5, 0.6) is 0 Å². The average molecular weight is 386 g/mol. The molecule has 0 saturated carbocycles. The highest BCUT2D eigenvalue weighted by atomic mass is 15.3. The van der Waals surface area contributed by atoms with Crippen LogP contribution in [0.2, 0.25) is 0 Å². The van der Waals surface area contributed by atoms with E-state index in [1.165, 1.54) is 5.56 Å². The minimum absolute atomic E-state index is 0.810. The van der Waals surface area contributed by atoms with Crippen molar-refractivity contribution >= 4 is 23.5 Å². The first-order valence-electron chi connectivity index (χ1n) is 10.1. The van der Waals surface area contributed by atoms with Crippen LogP contribution in [0.15, 0.2) is 79.0 Å². The van der Waals surface area contributed by atoms with Crippen molar-refractivity contribution in [1.82, 2.24) is 14.9 Å². The molecular formula is C24H27N5. The fourth-order valence-electron chi connectivity index (χ4n) is 3.49. The molecule has 1 aliphatic heterocycles. The van der Waals surface area contributed by atoms with Gasteiger partial charge in [0.15, 0.2) is 0 Å². The van der Waals surface area contributed by atoms with Gasteiger partial charge >= 0.3 is 0 Å². The number of hydrogen-bond acceptors (Lipinski definition) is 5. The van der Waals surface area contributed by atoms with Crippen LogP contribution in [0, 0.1) is 0 Å². The Balaban J connectivity index is 1.33. The van der Waals surface area contributed by atoms with E-state index in [9.17, 15) is 0 Å². The molecule has 0 radical (unpaired) electrons. The maximum absolute atomic E-state index is 4.81. The predicted octanol–water partition coefficient (Wildman–Crippen LogP) is 4.08. The second-order valence-electron chi connectivity index (χ2n) is 7.21. The van der Waals surface area contributed by atoms with Crippen molar-refractivity contribution in [3.63, 3.8) is 0 Å². The molecule has 0 spiro atoms.